The molecule has 0 aromatic rings. The van der Waals surface area contributed by atoms with Crippen LogP contribution in [0.15, 0.2) is 32.8 Å². The Labute approximate surface area is 95.5 Å². The van der Waals surface area contributed by atoms with Gasteiger partial charge in [-0.3, -0.25) is 0 Å². The van der Waals surface area contributed by atoms with E-state index in [0.29, 0.717) is 11.6 Å². The van der Waals surface area contributed by atoms with E-state index in [0.717, 1.165) is 25.0 Å². The van der Waals surface area contributed by atoms with Gasteiger partial charge in [-0.2, -0.15) is 5.11 Å². The largest absolute Gasteiger partial charge is 0.392 e. The molecule has 4 heteroatoms. The minimum atomic E-state index is -0.317. The van der Waals surface area contributed by atoms with E-state index in [9.17, 15) is 5.11 Å². The van der Waals surface area contributed by atoms with Crippen molar-refractivity contribution in [3.05, 3.63) is 17.6 Å². The quantitative estimate of drug-likeness (QED) is 0.724. The van der Waals surface area contributed by atoms with Crippen molar-refractivity contribution in [2.45, 2.75) is 39.2 Å². The predicted octanol–water partition coefficient (Wildman–Crippen LogP) is 2.66. The maximum Gasteiger partial charge on any atom is 0.121 e. The van der Waals surface area contributed by atoms with E-state index in [4.69, 9.17) is 0 Å². The summed E-state index contributed by atoms with van der Waals surface area (Å²) < 4.78 is 0. The topological polar surface area (TPSA) is 57.3 Å². The Morgan fingerprint density at radius 3 is 2.94 bits per heavy atom. The molecule has 1 fully saturated rings. The molecule has 1 N–H and O–H groups in total. The fourth-order valence-corrected chi connectivity index (χ4v) is 2.24. The SMILES string of the molecule is CC1=C=NC=C([C@H]2CCC(C)CC2O)N=N1. The number of hydrogen-bond donors (Lipinski definition) is 1. The normalized spacial score (nSPS) is 34.3. The molecule has 1 saturated carbocycles. The molecular formula is C12H17N3O. The van der Waals surface area contributed by atoms with Crippen molar-refractivity contribution in [2.75, 3.05) is 0 Å². The first-order valence-corrected chi connectivity index (χ1v) is 5.76. The molecule has 0 aromatic heterocycles. The molecule has 16 heavy (non-hydrogen) atoms. The Bertz CT molecular complexity index is 391. The summed E-state index contributed by atoms with van der Waals surface area (Å²) in [5.74, 6) is 3.44. The van der Waals surface area contributed by atoms with Crippen LogP contribution in [-0.4, -0.2) is 17.1 Å². The van der Waals surface area contributed by atoms with E-state index in [1.807, 2.05) is 6.92 Å². The number of hydrogen-bond acceptors (Lipinski definition) is 4. The molecule has 0 amide bonds. The van der Waals surface area contributed by atoms with E-state index in [1.54, 1.807) is 6.20 Å². The molecule has 1 aliphatic carbocycles. The molecule has 3 atom stereocenters. The summed E-state index contributed by atoms with van der Waals surface area (Å²) in [5.41, 5.74) is 1.45. The summed E-state index contributed by atoms with van der Waals surface area (Å²) in [6, 6.07) is 0. The molecule has 2 rings (SSSR count). The van der Waals surface area contributed by atoms with E-state index in [2.05, 4.69) is 28.0 Å². The molecule has 2 aliphatic rings. The second kappa shape index (κ2) is 4.73. The van der Waals surface area contributed by atoms with Gasteiger partial charge in [0, 0.05) is 11.8 Å². The van der Waals surface area contributed by atoms with E-state index in [1.165, 1.54) is 0 Å². The van der Waals surface area contributed by atoms with E-state index < -0.39 is 0 Å². The van der Waals surface area contributed by atoms with Crippen LogP contribution in [0.25, 0.3) is 0 Å². The Hall–Kier alpha value is -1.25. The van der Waals surface area contributed by atoms with Crippen molar-refractivity contribution in [1.29, 1.82) is 0 Å². The van der Waals surface area contributed by atoms with E-state index >= 15 is 0 Å². The van der Waals surface area contributed by atoms with E-state index in [-0.39, 0.29) is 12.0 Å². The lowest BCUT2D eigenvalue weighted by atomic mass is 9.79. The van der Waals surface area contributed by atoms with Gasteiger partial charge in [-0.05, 0) is 32.1 Å². The smallest absolute Gasteiger partial charge is 0.121 e. The van der Waals surface area contributed by atoms with Crippen molar-refractivity contribution in [3.8, 4) is 0 Å². The summed E-state index contributed by atoms with van der Waals surface area (Å²) >= 11 is 0. The highest BCUT2D eigenvalue weighted by atomic mass is 16.3. The first-order valence-electron chi connectivity index (χ1n) is 5.76. The van der Waals surface area contributed by atoms with Crippen LogP contribution in [0, 0.1) is 11.8 Å². The van der Waals surface area contributed by atoms with Crippen molar-refractivity contribution in [2.24, 2.45) is 27.1 Å². The number of aliphatic hydroxyl groups is 1. The van der Waals surface area contributed by atoms with Crippen LogP contribution < -0.4 is 0 Å². The number of allylic oxidation sites excluding steroid dienone is 1. The third-order valence-electron chi connectivity index (χ3n) is 3.20. The molecule has 0 aromatic carbocycles. The summed E-state index contributed by atoms with van der Waals surface area (Å²) in [6.07, 6.45) is 4.28. The zero-order valence-corrected chi connectivity index (χ0v) is 9.72. The summed E-state index contributed by atoms with van der Waals surface area (Å²) in [7, 11) is 0. The Kier molecular flexibility index (Phi) is 3.32. The van der Waals surface area contributed by atoms with Crippen molar-refractivity contribution in [1.82, 2.24) is 0 Å². The van der Waals surface area contributed by atoms with Gasteiger partial charge in [0.25, 0.3) is 0 Å². The molecule has 0 bridgehead atoms. The monoisotopic (exact) mass is 219 g/mol. The van der Waals surface area contributed by atoms with Crippen LogP contribution in [0.4, 0.5) is 0 Å². The van der Waals surface area contributed by atoms with Gasteiger partial charge in [-0.15, -0.1) is 5.11 Å². The maximum absolute atomic E-state index is 10.0. The van der Waals surface area contributed by atoms with Gasteiger partial charge in [-0.1, -0.05) is 6.92 Å². The van der Waals surface area contributed by atoms with Crippen molar-refractivity contribution < 1.29 is 5.11 Å². The summed E-state index contributed by atoms with van der Waals surface area (Å²) in [4.78, 5) is 4.01. The van der Waals surface area contributed by atoms with Gasteiger partial charge < -0.3 is 5.11 Å². The van der Waals surface area contributed by atoms with Gasteiger partial charge in [-0.25, -0.2) is 4.99 Å². The molecule has 86 valence electrons. The fourth-order valence-electron chi connectivity index (χ4n) is 2.24. The van der Waals surface area contributed by atoms with Crippen LogP contribution >= 0.6 is 0 Å². The lowest BCUT2D eigenvalue weighted by Crippen LogP contribution is -2.29. The molecule has 2 unspecified atom stereocenters. The standard InChI is InChI=1S/C12H17N3O/c1-8-3-4-10(12(16)5-8)11-7-13-6-9(2)14-15-11/h7-8,10,12,16H,3-5H2,1-2H3/t8?,10-,12?/m1/s1. The van der Waals surface area contributed by atoms with Gasteiger partial charge in [0.15, 0.2) is 0 Å². The van der Waals surface area contributed by atoms with Crippen LogP contribution in [-0.2, 0) is 0 Å². The molecule has 1 heterocycles. The lowest BCUT2D eigenvalue weighted by molar-refractivity contribution is 0.0644. The molecule has 0 spiro atoms. The van der Waals surface area contributed by atoms with Gasteiger partial charge in [0.2, 0.25) is 0 Å². The second-order valence-corrected chi connectivity index (χ2v) is 4.67. The number of nitrogens with zero attached hydrogens (tertiary/aromatic N) is 3. The van der Waals surface area contributed by atoms with Gasteiger partial charge >= 0.3 is 0 Å². The van der Waals surface area contributed by atoms with Crippen LogP contribution in [0.2, 0.25) is 0 Å². The van der Waals surface area contributed by atoms with Gasteiger partial charge in [0.05, 0.1) is 18.0 Å². The minimum Gasteiger partial charge on any atom is -0.392 e. The highest BCUT2D eigenvalue weighted by molar-refractivity contribution is 5.57. The molecule has 4 nitrogen and oxygen atoms in total. The summed E-state index contributed by atoms with van der Waals surface area (Å²) in [5, 5.41) is 18.2. The lowest BCUT2D eigenvalue weighted by Gasteiger charge is -2.30. The van der Waals surface area contributed by atoms with Crippen LogP contribution in [0.3, 0.4) is 0 Å². The third kappa shape index (κ3) is 2.46. The maximum atomic E-state index is 10.0. The molecule has 1 aliphatic heterocycles. The molecule has 0 saturated heterocycles. The average Bonchev–Trinajstić information content (AvgIpc) is 2.43. The zero-order valence-electron chi connectivity index (χ0n) is 9.72. The second-order valence-electron chi connectivity index (χ2n) is 4.67. The highest BCUT2D eigenvalue weighted by Gasteiger charge is 2.30. The minimum absolute atomic E-state index is 0.0800. The Morgan fingerprint density at radius 2 is 2.19 bits per heavy atom. The van der Waals surface area contributed by atoms with Crippen LogP contribution in [0.1, 0.15) is 33.1 Å². The third-order valence-corrected chi connectivity index (χ3v) is 3.20. The molecular weight excluding hydrogens is 202 g/mol. The first kappa shape index (κ1) is 11.2. The number of aliphatic hydroxyl groups excluding tert-OH is 1. The summed E-state index contributed by atoms with van der Waals surface area (Å²) in [6.45, 7) is 3.98. The first-order chi connectivity index (χ1) is 7.66. The Balaban J connectivity index is 2.12. The van der Waals surface area contributed by atoms with Crippen molar-refractivity contribution in [3.63, 3.8) is 0 Å². The Morgan fingerprint density at radius 1 is 1.38 bits per heavy atom. The highest BCUT2D eigenvalue weighted by Crippen LogP contribution is 2.34. The molecule has 0 radical (unpaired) electrons. The number of aliphatic imine (C=N–C) groups is 1. The number of azo groups is 1. The van der Waals surface area contributed by atoms with Crippen molar-refractivity contribution >= 4 is 5.87 Å². The zero-order chi connectivity index (χ0) is 11.5. The van der Waals surface area contributed by atoms with Gasteiger partial charge in [0.1, 0.15) is 5.70 Å². The fraction of sp³-hybridized carbons (Fsp3) is 0.667. The predicted molar refractivity (Wildman–Crippen MR) is 62.1 cm³/mol. The average molecular weight is 219 g/mol. The number of rotatable bonds is 1. The van der Waals surface area contributed by atoms with Crippen LogP contribution in [0.5, 0.6) is 0 Å².